The fourth-order valence-electron chi connectivity index (χ4n) is 3.36. The van der Waals surface area contributed by atoms with E-state index in [1.54, 1.807) is 19.2 Å². The number of hydrogen-bond acceptors (Lipinski definition) is 6. The zero-order chi connectivity index (χ0) is 22.2. The number of halogens is 3. The molecular weight excluding hydrogens is 537 g/mol. The van der Waals surface area contributed by atoms with Crippen molar-refractivity contribution in [3.8, 4) is 11.5 Å². The predicted molar refractivity (Wildman–Crippen MR) is 126 cm³/mol. The highest BCUT2D eigenvalue weighted by molar-refractivity contribution is 14.0. The second-order valence-corrected chi connectivity index (χ2v) is 7.00. The zero-order valence-corrected chi connectivity index (χ0v) is 20.6. The van der Waals surface area contributed by atoms with Gasteiger partial charge in [0.2, 0.25) is 0 Å². The summed E-state index contributed by atoms with van der Waals surface area (Å²) in [6.07, 6.45) is 1.70. The molecule has 0 radical (unpaired) electrons. The number of methoxy groups -OCH3 is 2. The van der Waals surface area contributed by atoms with E-state index in [9.17, 15) is 8.78 Å². The van der Waals surface area contributed by atoms with Crippen LogP contribution in [0.4, 0.5) is 8.78 Å². The molecule has 0 saturated heterocycles. The number of aromatic nitrogens is 3. The Morgan fingerprint density at radius 3 is 2.81 bits per heavy atom. The van der Waals surface area contributed by atoms with Gasteiger partial charge in [0.25, 0.3) is 0 Å². The molecule has 1 aromatic carbocycles. The number of aryl methyl sites for hydroxylation is 1. The van der Waals surface area contributed by atoms with E-state index in [2.05, 4.69) is 30.4 Å². The quantitative estimate of drug-likeness (QED) is 0.274. The van der Waals surface area contributed by atoms with E-state index in [0.29, 0.717) is 31.5 Å². The van der Waals surface area contributed by atoms with Crippen LogP contribution in [0.2, 0.25) is 0 Å². The van der Waals surface area contributed by atoms with Crippen LogP contribution in [0.5, 0.6) is 11.5 Å². The first kappa shape index (κ1) is 26.0. The number of hydrogen-bond donors (Lipinski definition) is 2. The lowest BCUT2D eigenvalue weighted by atomic mass is 10.1. The summed E-state index contributed by atoms with van der Waals surface area (Å²) in [6.45, 7) is 1.09. The van der Waals surface area contributed by atoms with Crippen LogP contribution in [0.3, 0.4) is 0 Å². The van der Waals surface area contributed by atoms with Crippen molar-refractivity contribution in [1.82, 2.24) is 25.4 Å². The number of fused-ring (bicyclic) bond motifs is 1. The summed E-state index contributed by atoms with van der Waals surface area (Å²) in [6, 6.07) is 5.01. The van der Waals surface area contributed by atoms with Crippen molar-refractivity contribution in [3.05, 3.63) is 35.4 Å². The van der Waals surface area contributed by atoms with E-state index < -0.39 is 6.61 Å². The van der Waals surface area contributed by atoms with Crippen LogP contribution in [0.25, 0.3) is 0 Å². The number of nitrogens with zero attached hydrogens (tertiary/aromatic N) is 4. The molecule has 0 fully saturated rings. The molecule has 12 heteroatoms. The first-order valence-electron chi connectivity index (χ1n) is 10.1. The molecule has 9 nitrogen and oxygen atoms in total. The molecule has 0 amide bonds. The van der Waals surface area contributed by atoms with Crippen molar-refractivity contribution in [1.29, 1.82) is 0 Å². The molecule has 1 aliphatic rings. The molecule has 0 saturated carbocycles. The second kappa shape index (κ2) is 12.7. The Balaban J connectivity index is 0.00000363. The van der Waals surface area contributed by atoms with Crippen LogP contribution in [-0.2, 0) is 30.9 Å². The number of benzene rings is 1. The highest BCUT2D eigenvalue weighted by atomic mass is 127. The summed E-state index contributed by atoms with van der Waals surface area (Å²) < 4.78 is 41.9. The number of alkyl halides is 2. The fraction of sp³-hybridized carbons (Fsp3) is 0.550. The van der Waals surface area contributed by atoms with E-state index in [4.69, 9.17) is 9.47 Å². The third-order valence-electron chi connectivity index (χ3n) is 4.72. The van der Waals surface area contributed by atoms with Crippen LogP contribution in [0, 0.1) is 0 Å². The minimum absolute atomic E-state index is 0. The van der Waals surface area contributed by atoms with Crippen molar-refractivity contribution in [2.45, 2.75) is 52.1 Å². The van der Waals surface area contributed by atoms with Gasteiger partial charge in [-0.3, -0.25) is 0 Å². The molecule has 3 rings (SSSR count). The smallest absolute Gasteiger partial charge is 0.387 e. The zero-order valence-electron chi connectivity index (χ0n) is 18.3. The number of nitrogens with one attached hydrogen (secondary N) is 2. The van der Waals surface area contributed by atoms with Crippen LogP contribution in [0.1, 0.15) is 30.6 Å². The normalized spacial score (nSPS) is 15.7. The summed E-state index contributed by atoms with van der Waals surface area (Å²) in [5.74, 6) is 2.51. The topological polar surface area (TPSA) is 94.8 Å². The summed E-state index contributed by atoms with van der Waals surface area (Å²) in [7, 11) is 3.02. The van der Waals surface area contributed by atoms with Gasteiger partial charge in [-0.15, -0.1) is 24.0 Å². The van der Waals surface area contributed by atoms with Crippen LogP contribution in [-0.4, -0.2) is 54.1 Å². The minimum Gasteiger partial charge on any atom is -0.493 e. The van der Waals surface area contributed by atoms with Gasteiger partial charge in [-0.25, -0.2) is 14.7 Å². The van der Waals surface area contributed by atoms with Gasteiger partial charge < -0.3 is 24.8 Å². The second-order valence-electron chi connectivity index (χ2n) is 7.00. The Bertz CT molecular complexity index is 896. The van der Waals surface area contributed by atoms with Crippen molar-refractivity contribution in [2.75, 3.05) is 20.8 Å². The lowest BCUT2D eigenvalue weighted by molar-refractivity contribution is -0.0512. The Labute approximate surface area is 202 Å². The molecule has 1 unspecified atom stereocenters. The Kier molecular flexibility index (Phi) is 10.4. The number of rotatable bonds is 9. The van der Waals surface area contributed by atoms with Crippen LogP contribution in [0.15, 0.2) is 23.2 Å². The van der Waals surface area contributed by atoms with E-state index in [0.717, 1.165) is 24.2 Å². The van der Waals surface area contributed by atoms with Gasteiger partial charge in [-0.05, 0) is 31.0 Å². The molecule has 0 bridgehead atoms. The lowest BCUT2D eigenvalue weighted by Crippen LogP contribution is -2.47. The molecule has 178 valence electrons. The van der Waals surface area contributed by atoms with Crippen molar-refractivity contribution < 1.29 is 23.0 Å². The molecular formula is C20H29F2IN6O3. The largest absolute Gasteiger partial charge is 0.493 e. The minimum atomic E-state index is -2.93. The van der Waals surface area contributed by atoms with E-state index in [1.165, 1.54) is 13.2 Å². The number of aliphatic imine (C=N–C) groups is 1. The molecule has 2 aromatic rings. The maximum Gasteiger partial charge on any atom is 0.387 e. The molecule has 1 atom stereocenters. The van der Waals surface area contributed by atoms with E-state index in [-0.39, 0.29) is 48.1 Å². The molecule has 32 heavy (non-hydrogen) atoms. The van der Waals surface area contributed by atoms with Crippen molar-refractivity contribution in [2.24, 2.45) is 4.99 Å². The van der Waals surface area contributed by atoms with Crippen LogP contribution < -0.4 is 20.1 Å². The molecule has 0 spiro atoms. The molecule has 1 aliphatic heterocycles. The van der Waals surface area contributed by atoms with Gasteiger partial charge in [-0.1, -0.05) is 6.07 Å². The summed E-state index contributed by atoms with van der Waals surface area (Å²) >= 11 is 0. The summed E-state index contributed by atoms with van der Waals surface area (Å²) in [5.41, 5.74) is 0.722. The number of ether oxygens (including phenoxy) is 3. The Morgan fingerprint density at radius 2 is 2.12 bits per heavy atom. The molecule has 2 heterocycles. The lowest BCUT2D eigenvalue weighted by Gasteiger charge is -2.25. The average molecular weight is 566 g/mol. The standard InChI is InChI=1S/C20H28F2N6O3.HI/c1-4-23-20(24-10-13-5-7-15(30-3)16(9-13)31-19(21)22)25-14-6-8-18-26-17(12-29-2)27-28(18)11-14;/h5,7,9,14,19H,4,6,8,10-12H2,1-3H3,(H2,23,24,25);1H. The SMILES string of the molecule is CCNC(=NCc1ccc(OC)c(OC(F)F)c1)NC1CCc2nc(COC)nn2C1.I. The first-order valence-corrected chi connectivity index (χ1v) is 10.1. The van der Waals surface area contributed by atoms with Gasteiger partial charge in [-0.2, -0.15) is 13.9 Å². The maximum atomic E-state index is 12.6. The van der Waals surface area contributed by atoms with E-state index >= 15 is 0 Å². The third-order valence-corrected chi connectivity index (χ3v) is 4.72. The highest BCUT2D eigenvalue weighted by Gasteiger charge is 2.22. The predicted octanol–water partition coefficient (Wildman–Crippen LogP) is 2.72. The van der Waals surface area contributed by atoms with Gasteiger partial charge in [0.1, 0.15) is 12.4 Å². The number of guanidine groups is 1. The van der Waals surface area contributed by atoms with Gasteiger partial charge in [0, 0.05) is 26.1 Å². The van der Waals surface area contributed by atoms with Gasteiger partial charge >= 0.3 is 6.61 Å². The third kappa shape index (κ3) is 7.15. The molecule has 2 N–H and O–H groups in total. The average Bonchev–Trinajstić information content (AvgIpc) is 3.14. The van der Waals surface area contributed by atoms with Crippen molar-refractivity contribution in [3.63, 3.8) is 0 Å². The van der Waals surface area contributed by atoms with Crippen molar-refractivity contribution >= 4 is 29.9 Å². The fourth-order valence-corrected chi connectivity index (χ4v) is 3.36. The van der Waals surface area contributed by atoms with Gasteiger partial charge in [0.05, 0.1) is 20.2 Å². The maximum absolute atomic E-state index is 12.6. The molecule has 1 aromatic heterocycles. The molecule has 0 aliphatic carbocycles. The monoisotopic (exact) mass is 566 g/mol. The highest BCUT2D eigenvalue weighted by Crippen LogP contribution is 2.29. The summed E-state index contributed by atoms with van der Waals surface area (Å²) in [5, 5.41) is 11.1. The Morgan fingerprint density at radius 1 is 1.31 bits per heavy atom. The first-order chi connectivity index (χ1) is 15.0. The summed E-state index contributed by atoms with van der Waals surface area (Å²) in [4.78, 5) is 9.08. The van der Waals surface area contributed by atoms with Crippen LogP contribution >= 0.6 is 24.0 Å². The van der Waals surface area contributed by atoms with E-state index in [1.807, 2.05) is 11.6 Å². The Hall–Kier alpha value is -2.22. The van der Waals surface area contributed by atoms with Gasteiger partial charge in [0.15, 0.2) is 23.3 Å².